The molecule has 1 amide bonds. The molecule has 156 valence electrons. The summed E-state index contributed by atoms with van der Waals surface area (Å²) in [5, 5.41) is 7.15. The lowest BCUT2D eigenvalue weighted by Gasteiger charge is -2.24. The third kappa shape index (κ3) is 3.50. The predicted molar refractivity (Wildman–Crippen MR) is 114 cm³/mol. The van der Waals surface area contributed by atoms with Crippen molar-refractivity contribution in [3.05, 3.63) is 53.1 Å². The lowest BCUT2D eigenvalue weighted by Crippen LogP contribution is -2.30. The molecular formula is C22H22ClN3O4. The predicted octanol–water partition coefficient (Wildman–Crippen LogP) is 4.83. The largest absolute Gasteiger partial charge is 0.497 e. The first-order valence-electron chi connectivity index (χ1n) is 9.59. The van der Waals surface area contributed by atoms with Crippen LogP contribution in [0, 0.1) is 5.92 Å². The van der Waals surface area contributed by atoms with Gasteiger partial charge in [-0.15, -0.1) is 0 Å². The van der Waals surface area contributed by atoms with Gasteiger partial charge in [-0.05, 0) is 18.2 Å². The van der Waals surface area contributed by atoms with Gasteiger partial charge in [-0.3, -0.25) is 4.79 Å². The first-order chi connectivity index (χ1) is 14.4. The number of hydrazone groups is 1. The van der Waals surface area contributed by atoms with Gasteiger partial charge in [0.25, 0.3) is 0 Å². The molecule has 1 aliphatic rings. The number of carbonyl (C=O) groups is 1. The van der Waals surface area contributed by atoms with Crippen LogP contribution in [-0.4, -0.2) is 35.8 Å². The zero-order chi connectivity index (χ0) is 21.4. The highest BCUT2D eigenvalue weighted by molar-refractivity contribution is 6.30. The molecule has 0 saturated heterocycles. The van der Waals surface area contributed by atoms with E-state index in [9.17, 15) is 4.79 Å². The van der Waals surface area contributed by atoms with E-state index in [-0.39, 0.29) is 11.8 Å². The molecule has 0 fully saturated rings. The number of hydrogen-bond acceptors (Lipinski definition) is 6. The van der Waals surface area contributed by atoms with Crippen molar-refractivity contribution in [1.29, 1.82) is 0 Å². The third-order valence-corrected chi connectivity index (χ3v) is 5.40. The Labute approximate surface area is 179 Å². The smallest absolute Gasteiger partial charge is 0.245 e. The van der Waals surface area contributed by atoms with E-state index in [0.29, 0.717) is 45.6 Å². The highest BCUT2D eigenvalue weighted by Gasteiger charge is 2.36. The Bertz CT molecular complexity index is 1130. The minimum atomic E-state index is -0.392. The Morgan fingerprint density at radius 1 is 1.27 bits per heavy atom. The molecule has 4 rings (SSSR count). The van der Waals surface area contributed by atoms with Crippen LogP contribution in [0.25, 0.3) is 10.9 Å². The SMILES string of the molecule is COc1cc(OC)c2cc([C@H]3CC(c4ccco4)=NN3C(=O)C(C)C)c(Cl)nc2c1. The summed E-state index contributed by atoms with van der Waals surface area (Å²) in [6, 6.07) is 8.73. The van der Waals surface area contributed by atoms with Crippen molar-refractivity contribution in [2.75, 3.05) is 14.2 Å². The van der Waals surface area contributed by atoms with Crippen LogP contribution in [0.5, 0.6) is 11.5 Å². The molecule has 0 unspecified atom stereocenters. The van der Waals surface area contributed by atoms with Gasteiger partial charge in [0.2, 0.25) is 5.91 Å². The summed E-state index contributed by atoms with van der Waals surface area (Å²) < 4.78 is 16.4. The third-order valence-electron chi connectivity index (χ3n) is 5.10. The Hall–Kier alpha value is -3.06. The molecule has 0 N–H and O–H groups in total. The topological polar surface area (TPSA) is 77.2 Å². The number of ether oxygens (including phenoxy) is 2. The average molecular weight is 428 g/mol. The first-order valence-corrected chi connectivity index (χ1v) is 9.97. The monoisotopic (exact) mass is 427 g/mol. The van der Waals surface area contributed by atoms with Crippen LogP contribution < -0.4 is 9.47 Å². The summed E-state index contributed by atoms with van der Waals surface area (Å²) in [4.78, 5) is 17.5. The number of aromatic nitrogens is 1. The van der Waals surface area contributed by atoms with Gasteiger partial charge in [0.05, 0.1) is 32.0 Å². The van der Waals surface area contributed by atoms with Crippen LogP contribution in [-0.2, 0) is 4.79 Å². The van der Waals surface area contributed by atoms with E-state index in [4.69, 9.17) is 25.5 Å². The van der Waals surface area contributed by atoms with Gasteiger partial charge < -0.3 is 13.9 Å². The second-order valence-corrected chi connectivity index (χ2v) is 7.70. The number of rotatable bonds is 5. The van der Waals surface area contributed by atoms with Crippen LogP contribution >= 0.6 is 11.6 Å². The minimum absolute atomic E-state index is 0.0978. The Kier molecular flexibility index (Phi) is 5.39. The Morgan fingerprint density at radius 2 is 2.07 bits per heavy atom. The summed E-state index contributed by atoms with van der Waals surface area (Å²) in [7, 11) is 3.17. The average Bonchev–Trinajstić information content (AvgIpc) is 3.41. The lowest BCUT2D eigenvalue weighted by molar-refractivity contribution is -0.136. The lowest BCUT2D eigenvalue weighted by atomic mass is 9.99. The number of fused-ring (bicyclic) bond motifs is 1. The molecule has 30 heavy (non-hydrogen) atoms. The van der Waals surface area contributed by atoms with Crippen molar-refractivity contribution in [2.45, 2.75) is 26.3 Å². The quantitative estimate of drug-likeness (QED) is 0.545. The normalized spacial score (nSPS) is 16.3. The molecule has 0 bridgehead atoms. The van der Waals surface area contributed by atoms with Crippen molar-refractivity contribution >= 4 is 34.1 Å². The summed E-state index contributed by atoms with van der Waals surface area (Å²) >= 11 is 6.59. The summed E-state index contributed by atoms with van der Waals surface area (Å²) in [6.45, 7) is 3.69. The van der Waals surface area contributed by atoms with Gasteiger partial charge in [0.1, 0.15) is 28.1 Å². The molecule has 0 saturated carbocycles. The molecular weight excluding hydrogens is 406 g/mol. The standard InChI is InChI=1S/C22H22ClN3O4/c1-12(2)22(27)26-18(11-17(25-26)19-6-5-7-30-19)15-10-14-16(24-21(15)23)8-13(28-3)9-20(14)29-4/h5-10,12,18H,11H2,1-4H3/t18-/m1/s1. The maximum absolute atomic E-state index is 12.9. The van der Waals surface area contributed by atoms with E-state index in [2.05, 4.69) is 10.1 Å². The van der Waals surface area contributed by atoms with Gasteiger partial charge >= 0.3 is 0 Å². The zero-order valence-corrected chi connectivity index (χ0v) is 17.9. The highest BCUT2D eigenvalue weighted by Crippen LogP contribution is 2.40. The van der Waals surface area contributed by atoms with Crippen LogP contribution in [0.1, 0.15) is 37.6 Å². The number of amides is 1. The number of benzene rings is 1. The Morgan fingerprint density at radius 3 is 2.70 bits per heavy atom. The van der Waals surface area contributed by atoms with Gasteiger partial charge in [0.15, 0.2) is 0 Å². The zero-order valence-electron chi connectivity index (χ0n) is 17.2. The van der Waals surface area contributed by atoms with Gasteiger partial charge in [-0.25, -0.2) is 9.99 Å². The van der Waals surface area contributed by atoms with Crippen molar-refractivity contribution < 1.29 is 18.7 Å². The molecule has 0 radical (unpaired) electrons. The molecule has 1 aromatic carbocycles. The second kappa shape index (κ2) is 7.99. The first kappa shape index (κ1) is 20.2. The number of methoxy groups -OCH3 is 2. The molecule has 1 atom stereocenters. The van der Waals surface area contributed by atoms with E-state index < -0.39 is 6.04 Å². The molecule has 2 aromatic heterocycles. The molecule has 3 aromatic rings. The molecule has 0 aliphatic carbocycles. The molecule has 1 aliphatic heterocycles. The number of nitrogens with zero attached hydrogens (tertiary/aromatic N) is 3. The number of furan rings is 1. The summed E-state index contributed by atoms with van der Waals surface area (Å²) in [6.07, 6.45) is 2.06. The maximum Gasteiger partial charge on any atom is 0.245 e. The van der Waals surface area contributed by atoms with E-state index in [1.807, 2.05) is 26.0 Å². The van der Waals surface area contributed by atoms with Gasteiger partial charge in [-0.2, -0.15) is 5.10 Å². The Balaban J connectivity index is 1.83. The van der Waals surface area contributed by atoms with Crippen LogP contribution in [0.2, 0.25) is 5.15 Å². The van der Waals surface area contributed by atoms with Crippen molar-refractivity contribution in [3.63, 3.8) is 0 Å². The van der Waals surface area contributed by atoms with Crippen molar-refractivity contribution in [2.24, 2.45) is 11.0 Å². The van der Waals surface area contributed by atoms with E-state index in [1.165, 1.54) is 5.01 Å². The molecule has 0 spiro atoms. The maximum atomic E-state index is 12.9. The van der Waals surface area contributed by atoms with Gasteiger partial charge in [0, 0.05) is 35.4 Å². The number of halogens is 1. The van der Waals surface area contributed by atoms with Crippen LogP contribution in [0.4, 0.5) is 0 Å². The van der Waals surface area contributed by atoms with E-state index in [0.717, 1.165) is 5.39 Å². The fraction of sp³-hybridized carbons (Fsp3) is 0.318. The highest BCUT2D eigenvalue weighted by atomic mass is 35.5. The van der Waals surface area contributed by atoms with Crippen molar-refractivity contribution in [1.82, 2.24) is 9.99 Å². The van der Waals surface area contributed by atoms with Crippen LogP contribution in [0.3, 0.4) is 0 Å². The summed E-state index contributed by atoms with van der Waals surface area (Å²) in [5.74, 6) is 1.54. The fourth-order valence-corrected chi connectivity index (χ4v) is 3.81. The molecule has 7 nitrogen and oxygen atoms in total. The molecule has 8 heteroatoms. The number of hydrogen-bond donors (Lipinski definition) is 0. The minimum Gasteiger partial charge on any atom is -0.497 e. The van der Waals surface area contributed by atoms with E-state index >= 15 is 0 Å². The molecule has 3 heterocycles. The summed E-state index contributed by atoms with van der Waals surface area (Å²) in [5.41, 5.74) is 2.04. The fourth-order valence-electron chi connectivity index (χ4n) is 3.54. The van der Waals surface area contributed by atoms with Crippen LogP contribution in [0.15, 0.2) is 46.1 Å². The van der Waals surface area contributed by atoms with Crippen molar-refractivity contribution in [3.8, 4) is 11.5 Å². The second-order valence-electron chi connectivity index (χ2n) is 7.35. The van der Waals surface area contributed by atoms with E-state index in [1.54, 1.807) is 38.7 Å². The number of carbonyl (C=O) groups excluding carboxylic acids is 1. The number of pyridine rings is 1. The van der Waals surface area contributed by atoms with Gasteiger partial charge in [-0.1, -0.05) is 25.4 Å².